The highest BCUT2D eigenvalue weighted by Crippen LogP contribution is 2.29. The number of thiophene rings is 1. The first-order chi connectivity index (χ1) is 9.60. The normalized spacial score (nSPS) is 11.2. The van der Waals surface area contributed by atoms with E-state index in [1.165, 1.54) is 11.3 Å². The van der Waals surface area contributed by atoms with Gasteiger partial charge < -0.3 is 10.2 Å². The highest BCUT2D eigenvalue weighted by Gasteiger charge is 2.09. The summed E-state index contributed by atoms with van der Waals surface area (Å²) < 4.78 is 0. The second-order valence-corrected chi connectivity index (χ2v) is 6.29. The fraction of sp³-hybridized carbons (Fsp3) is 0.538. The van der Waals surface area contributed by atoms with Crippen LogP contribution < -0.4 is 16.6 Å². The van der Waals surface area contributed by atoms with Gasteiger partial charge in [-0.3, -0.25) is 5.43 Å². The minimum Gasteiger partial charge on any atom is -0.369 e. The molecule has 0 radical (unpaired) electrons. The summed E-state index contributed by atoms with van der Waals surface area (Å²) in [5.74, 6) is 6.73. The third-order valence-electron chi connectivity index (χ3n) is 2.97. The Labute approximate surface area is 123 Å². The first-order valence-electron chi connectivity index (χ1n) is 6.73. The molecule has 0 bridgehead atoms. The molecule has 6 nitrogen and oxygen atoms in total. The van der Waals surface area contributed by atoms with Crippen molar-refractivity contribution in [2.75, 3.05) is 37.9 Å². The van der Waals surface area contributed by atoms with Crippen LogP contribution in [0.3, 0.4) is 0 Å². The molecule has 0 saturated carbocycles. The minimum absolute atomic E-state index is 0.454. The fourth-order valence-electron chi connectivity index (χ4n) is 2.00. The first-order valence-corrected chi connectivity index (χ1v) is 7.55. The molecule has 0 unspecified atom stereocenters. The standard InChI is InChI=1S/C13H22N6S/c1-9-8-10-11(15-6-4-5-7-19(2)3)16-13(18-14)17-12(10)20-9/h8H,4-7,14H2,1-3H3,(H2,15,16,17,18). The lowest BCUT2D eigenvalue weighted by Crippen LogP contribution is -2.15. The number of nitrogens with one attached hydrogen (secondary N) is 2. The van der Waals surface area contributed by atoms with Gasteiger partial charge >= 0.3 is 0 Å². The lowest BCUT2D eigenvalue weighted by Gasteiger charge is -2.10. The number of rotatable bonds is 7. The van der Waals surface area contributed by atoms with Gasteiger partial charge in [-0.2, -0.15) is 4.98 Å². The zero-order chi connectivity index (χ0) is 14.5. The summed E-state index contributed by atoms with van der Waals surface area (Å²) >= 11 is 1.65. The average molecular weight is 294 g/mol. The second-order valence-electron chi connectivity index (χ2n) is 5.05. The van der Waals surface area contributed by atoms with Crippen LogP contribution in [-0.4, -0.2) is 42.1 Å². The first kappa shape index (κ1) is 15.0. The van der Waals surface area contributed by atoms with Crippen LogP contribution in [-0.2, 0) is 0 Å². The molecule has 2 rings (SSSR count). The van der Waals surface area contributed by atoms with Crippen molar-refractivity contribution in [1.29, 1.82) is 0 Å². The smallest absolute Gasteiger partial charge is 0.240 e. The van der Waals surface area contributed by atoms with E-state index < -0.39 is 0 Å². The van der Waals surface area contributed by atoms with E-state index in [-0.39, 0.29) is 0 Å². The van der Waals surface area contributed by atoms with E-state index in [4.69, 9.17) is 5.84 Å². The van der Waals surface area contributed by atoms with Gasteiger partial charge in [0.15, 0.2) is 0 Å². The van der Waals surface area contributed by atoms with E-state index >= 15 is 0 Å². The van der Waals surface area contributed by atoms with Gasteiger partial charge in [0.05, 0.1) is 5.39 Å². The molecular formula is C13H22N6S. The van der Waals surface area contributed by atoms with Crippen LogP contribution >= 0.6 is 11.3 Å². The quantitative estimate of drug-likeness (QED) is 0.412. The maximum absolute atomic E-state index is 5.42. The third kappa shape index (κ3) is 3.78. The van der Waals surface area contributed by atoms with E-state index in [1.54, 1.807) is 11.3 Å². The van der Waals surface area contributed by atoms with Crippen molar-refractivity contribution in [3.63, 3.8) is 0 Å². The number of nitrogens with two attached hydrogens (primary N) is 1. The average Bonchev–Trinajstić information content (AvgIpc) is 2.78. The van der Waals surface area contributed by atoms with Crippen molar-refractivity contribution < 1.29 is 0 Å². The van der Waals surface area contributed by atoms with Crippen LogP contribution in [0.15, 0.2) is 6.07 Å². The highest BCUT2D eigenvalue weighted by atomic mass is 32.1. The molecule has 2 aromatic rings. The van der Waals surface area contributed by atoms with Crippen LogP contribution in [0.1, 0.15) is 17.7 Å². The number of unbranched alkanes of at least 4 members (excludes halogenated alkanes) is 1. The Kier molecular flexibility index (Phi) is 5.11. The Morgan fingerprint density at radius 1 is 1.30 bits per heavy atom. The number of nitrogens with zero attached hydrogens (tertiary/aromatic N) is 3. The van der Waals surface area contributed by atoms with Gasteiger partial charge in [-0.05, 0) is 46.5 Å². The van der Waals surface area contributed by atoms with Gasteiger partial charge in [0, 0.05) is 11.4 Å². The van der Waals surface area contributed by atoms with Crippen molar-refractivity contribution in [3.8, 4) is 0 Å². The Hall–Kier alpha value is -1.44. The topological polar surface area (TPSA) is 79.1 Å². The highest BCUT2D eigenvalue weighted by molar-refractivity contribution is 7.18. The van der Waals surface area contributed by atoms with E-state index in [0.717, 1.165) is 35.5 Å². The Morgan fingerprint density at radius 3 is 2.80 bits per heavy atom. The fourth-order valence-corrected chi connectivity index (χ4v) is 2.88. The van der Waals surface area contributed by atoms with Crippen LogP contribution in [0.2, 0.25) is 0 Å². The number of aromatic nitrogens is 2. The summed E-state index contributed by atoms with van der Waals surface area (Å²) in [6.45, 7) is 4.08. The molecule has 110 valence electrons. The summed E-state index contributed by atoms with van der Waals surface area (Å²) in [5, 5.41) is 4.46. The van der Waals surface area contributed by atoms with Crippen LogP contribution in [0, 0.1) is 6.92 Å². The molecule has 4 N–H and O–H groups in total. The molecule has 0 aliphatic rings. The van der Waals surface area contributed by atoms with Crippen molar-refractivity contribution >= 4 is 33.3 Å². The third-order valence-corrected chi connectivity index (χ3v) is 3.91. The number of aryl methyl sites for hydroxylation is 1. The Balaban J connectivity index is 2.04. The molecule has 0 spiro atoms. The maximum atomic E-state index is 5.42. The van der Waals surface area contributed by atoms with Crippen molar-refractivity contribution in [2.24, 2.45) is 5.84 Å². The lowest BCUT2D eigenvalue weighted by atomic mass is 10.3. The van der Waals surface area contributed by atoms with E-state index in [2.05, 4.69) is 52.7 Å². The molecule has 7 heteroatoms. The summed E-state index contributed by atoms with van der Waals surface area (Å²) in [6, 6.07) is 2.11. The van der Waals surface area contributed by atoms with Gasteiger partial charge in [-0.25, -0.2) is 10.8 Å². The molecule has 0 saturated heterocycles. The Bertz CT molecular complexity index is 565. The predicted octanol–water partition coefficient (Wildman–Crippen LogP) is 2.04. The molecule has 0 atom stereocenters. The van der Waals surface area contributed by atoms with E-state index in [0.29, 0.717) is 5.95 Å². The molecule has 0 aromatic carbocycles. The van der Waals surface area contributed by atoms with Crippen molar-refractivity contribution in [3.05, 3.63) is 10.9 Å². The summed E-state index contributed by atoms with van der Waals surface area (Å²) in [5.41, 5.74) is 2.52. The lowest BCUT2D eigenvalue weighted by molar-refractivity contribution is 0.396. The molecule has 0 fully saturated rings. The SMILES string of the molecule is Cc1cc2c(NCCCCN(C)C)nc(NN)nc2s1. The van der Waals surface area contributed by atoms with Gasteiger partial charge in [-0.1, -0.05) is 0 Å². The number of hydrogen-bond donors (Lipinski definition) is 3. The predicted molar refractivity (Wildman–Crippen MR) is 86.2 cm³/mol. The van der Waals surface area contributed by atoms with Crippen LogP contribution in [0.25, 0.3) is 10.2 Å². The van der Waals surface area contributed by atoms with Crippen LogP contribution in [0.4, 0.5) is 11.8 Å². The van der Waals surface area contributed by atoms with Gasteiger partial charge in [0.25, 0.3) is 0 Å². The number of hydrazine groups is 1. The summed E-state index contributed by atoms with van der Waals surface area (Å²) in [6.07, 6.45) is 2.27. The minimum atomic E-state index is 0.454. The zero-order valence-corrected chi connectivity index (χ0v) is 13.0. The van der Waals surface area contributed by atoms with Crippen molar-refractivity contribution in [1.82, 2.24) is 14.9 Å². The van der Waals surface area contributed by atoms with Gasteiger partial charge in [0.1, 0.15) is 10.6 Å². The molecule has 2 aromatic heterocycles. The van der Waals surface area contributed by atoms with Gasteiger partial charge in [0.2, 0.25) is 5.95 Å². The number of hydrogen-bond acceptors (Lipinski definition) is 7. The maximum Gasteiger partial charge on any atom is 0.240 e. The number of fused-ring (bicyclic) bond motifs is 1. The summed E-state index contributed by atoms with van der Waals surface area (Å²) in [4.78, 5) is 13.1. The molecular weight excluding hydrogens is 272 g/mol. The molecule has 0 aliphatic heterocycles. The van der Waals surface area contributed by atoms with Crippen molar-refractivity contribution in [2.45, 2.75) is 19.8 Å². The van der Waals surface area contributed by atoms with E-state index in [1.807, 2.05) is 0 Å². The second kappa shape index (κ2) is 6.83. The molecule has 2 heterocycles. The summed E-state index contributed by atoms with van der Waals surface area (Å²) in [7, 11) is 4.18. The number of anilines is 2. The van der Waals surface area contributed by atoms with Crippen LogP contribution in [0.5, 0.6) is 0 Å². The monoisotopic (exact) mass is 294 g/mol. The largest absolute Gasteiger partial charge is 0.369 e. The Morgan fingerprint density at radius 2 is 2.10 bits per heavy atom. The molecule has 0 amide bonds. The molecule has 0 aliphatic carbocycles. The zero-order valence-electron chi connectivity index (χ0n) is 12.2. The number of nitrogen functional groups attached to an aromatic ring is 1. The van der Waals surface area contributed by atoms with Gasteiger partial charge in [-0.15, -0.1) is 11.3 Å². The van der Waals surface area contributed by atoms with E-state index in [9.17, 15) is 0 Å². The molecule has 20 heavy (non-hydrogen) atoms.